The normalized spacial score (nSPS) is 14.8. The Balaban J connectivity index is 2.72. The lowest BCUT2D eigenvalue weighted by Crippen LogP contribution is -2.07. The molecule has 102 valence electrons. The number of rotatable bonds is 7. The summed E-state index contributed by atoms with van der Waals surface area (Å²) in [5, 5.41) is 0.169. The van der Waals surface area contributed by atoms with Gasteiger partial charge in [0.05, 0.1) is 5.38 Å². The minimum atomic E-state index is 0.169. The number of unbranched alkanes of at least 4 members (excludes halogenated alkanes) is 1. The largest absolute Gasteiger partial charge is 0.118 e. The third-order valence-corrected chi connectivity index (χ3v) is 4.40. The second-order valence-electron chi connectivity index (χ2n) is 5.53. The third-order valence-electron chi connectivity index (χ3n) is 3.79. The summed E-state index contributed by atoms with van der Waals surface area (Å²) in [6.07, 6.45) is 4.95. The number of hydrogen-bond donors (Lipinski definition) is 0. The second kappa shape index (κ2) is 7.84. The van der Waals surface area contributed by atoms with E-state index in [-0.39, 0.29) is 5.38 Å². The van der Waals surface area contributed by atoms with Gasteiger partial charge in [-0.1, -0.05) is 71.2 Å². The van der Waals surface area contributed by atoms with Crippen LogP contribution in [-0.4, -0.2) is 0 Å². The Kier molecular flexibility index (Phi) is 6.78. The highest BCUT2D eigenvalue weighted by Gasteiger charge is 2.18. The summed E-state index contributed by atoms with van der Waals surface area (Å²) < 4.78 is 0. The molecule has 2 atom stereocenters. The molecule has 1 heteroatoms. The zero-order valence-corrected chi connectivity index (χ0v) is 13.0. The topological polar surface area (TPSA) is 0 Å². The van der Waals surface area contributed by atoms with E-state index in [9.17, 15) is 0 Å². The van der Waals surface area contributed by atoms with Crippen molar-refractivity contribution in [3.05, 3.63) is 35.4 Å². The molecule has 1 aromatic rings. The summed E-state index contributed by atoms with van der Waals surface area (Å²) >= 11 is 6.64. The Bertz CT molecular complexity index is 326. The summed E-state index contributed by atoms with van der Waals surface area (Å²) in [6, 6.07) is 8.87. The molecule has 0 spiro atoms. The molecule has 0 aliphatic rings. The van der Waals surface area contributed by atoms with Crippen LogP contribution in [0.1, 0.15) is 75.8 Å². The zero-order chi connectivity index (χ0) is 13.5. The number of alkyl halides is 1. The smallest absolute Gasteiger partial charge is 0.0613 e. The molecule has 0 aromatic heterocycles. The van der Waals surface area contributed by atoms with Gasteiger partial charge in [0.15, 0.2) is 0 Å². The van der Waals surface area contributed by atoms with E-state index in [2.05, 4.69) is 52.0 Å². The van der Waals surface area contributed by atoms with E-state index in [0.717, 1.165) is 0 Å². The standard InChI is InChI=1S/C17H27Cl/c1-5-7-8-14(6-2)17(18)16-11-9-15(10-12-16)13(3)4/h9-14,17H,5-8H2,1-4H3. The molecular formula is C17H27Cl. The van der Waals surface area contributed by atoms with Crippen LogP contribution in [0.25, 0.3) is 0 Å². The summed E-state index contributed by atoms with van der Waals surface area (Å²) in [6.45, 7) is 8.94. The molecule has 0 bridgehead atoms. The maximum Gasteiger partial charge on any atom is 0.0613 e. The summed E-state index contributed by atoms with van der Waals surface area (Å²) in [7, 11) is 0. The molecule has 0 radical (unpaired) electrons. The lowest BCUT2D eigenvalue weighted by Gasteiger charge is -2.21. The molecule has 0 aliphatic heterocycles. The van der Waals surface area contributed by atoms with E-state index in [4.69, 9.17) is 11.6 Å². The van der Waals surface area contributed by atoms with Crippen LogP contribution in [-0.2, 0) is 0 Å². The van der Waals surface area contributed by atoms with Crippen LogP contribution >= 0.6 is 11.6 Å². The van der Waals surface area contributed by atoms with Crippen molar-refractivity contribution in [3.63, 3.8) is 0 Å². The van der Waals surface area contributed by atoms with Crippen LogP contribution in [0.3, 0.4) is 0 Å². The van der Waals surface area contributed by atoms with Gasteiger partial charge in [-0.3, -0.25) is 0 Å². The van der Waals surface area contributed by atoms with Crippen LogP contribution in [0.5, 0.6) is 0 Å². The first-order valence-corrected chi connectivity index (χ1v) is 7.77. The van der Waals surface area contributed by atoms with Crippen molar-refractivity contribution in [1.29, 1.82) is 0 Å². The van der Waals surface area contributed by atoms with E-state index < -0.39 is 0 Å². The van der Waals surface area contributed by atoms with Crippen molar-refractivity contribution < 1.29 is 0 Å². The average molecular weight is 267 g/mol. The maximum atomic E-state index is 6.64. The highest BCUT2D eigenvalue weighted by Crippen LogP contribution is 2.35. The fourth-order valence-electron chi connectivity index (χ4n) is 2.36. The molecule has 0 nitrogen and oxygen atoms in total. The van der Waals surface area contributed by atoms with E-state index in [1.807, 2.05) is 0 Å². The minimum Gasteiger partial charge on any atom is -0.118 e. The van der Waals surface area contributed by atoms with Crippen LogP contribution in [0, 0.1) is 5.92 Å². The quantitative estimate of drug-likeness (QED) is 0.508. The van der Waals surface area contributed by atoms with Gasteiger partial charge in [0, 0.05) is 0 Å². The van der Waals surface area contributed by atoms with Crippen LogP contribution in [0.2, 0.25) is 0 Å². The minimum absolute atomic E-state index is 0.169. The van der Waals surface area contributed by atoms with Crippen molar-refractivity contribution in [2.24, 2.45) is 5.92 Å². The van der Waals surface area contributed by atoms with Crippen molar-refractivity contribution in [2.75, 3.05) is 0 Å². The van der Waals surface area contributed by atoms with Gasteiger partial charge in [0.25, 0.3) is 0 Å². The van der Waals surface area contributed by atoms with E-state index in [1.165, 1.54) is 36.8 Å². The van der Waals surface area contributed by atoms with Crippen molar-refractivity contribution in [2.45, 2.75) is 64.7 Å². The third kappa shape index (κ3) is 4.31. The Labute approximate surface area is 118 Å². The molecule has 0 saturated carbocycles. The summed E-state index contributed by atoms with van der Waals surface area (Å²) in [5.41, 5.74) is 2.67. The Morgan fingerprint density at radius 2 is 1.56 bits per heavy atom. The van der Waals surface area contributed by atoms with Gasteiger partial charge in [0.1, 0.15) is 0 Å². The molecule has 1 aromatic carbocycles. The highest BCUT2D eigenvalue weighted by molar-refractivity contribution is 6.21. The fraction of sp³-hybridized carbons (Fsp3) is 0.647. The van der Waals surface area contributed by atoms with E-state index in [1.54, 1.807) is 0 Å². The van der Waals surface area contributed by atoms with Crippen LogP contribution in [0.4, 0.5) is 0 Å². The number of halogens is 1. The maximum absolute atomic E-state index is 6.64. The Morgan fingerprint density at radius 1 is 1.00 bits per heavy atom. The lowest BCUT2D eigenvalue weighted by molar-refractivity contribution is 0.437. The molecule has 0 fully saturated rings. The van der Waals surface area contributed by atoms with Gasteiger partial charge in [0.2, 0.25) is 0 Å². The predicted molar refractivity (Wildman–Crippen MR) is 82.4 cm³/mol. The molecule has 0 saturated heterocycles. The molecule has 0 N–H and O–H groups in total. The molecule has 18 heavy (non-hydrogen) atoms. The number of benzene rings is 1. The number of hydrogen-bond acceptors (Lipinski definition) is 0. The molecule has 1 rings (SSSR count). The van der Waals surface area contributed by atoms with Crippen molar-refractivity contribution in [1.82, 2.24) is 0 Å². The van der Waals surface area contributed by atoms with Crippen LogP contribution < -0.4 is 0 Å². The fourth-order valence-corrected chi connectivity index (χ4v) is 2.81. The first-order chi connectivity index (χ1) is 8.60. The van der Waals surface area contributed by atoms with E-state index >= 15 is 0 Å². The highest BCUT2D eigenvalue weighted by atomic mass is 35.5. The van der Waals surface area contributed by atoms with Crippen molar-refractivity contribution in [3.8, 4) is 0 Å². The summed E-state index contributed by atoms with van der Waals surface area (Å²) in [5.74, 6) is 1.20. The molecule has 0 heterocycles. The first kappa shape index (κ1) is 15.6. The van der Waals surface area contributed by atoms with Gasteiger partial charge < -0.3 is 0 Å². The van der Waals surface area contributed by atoms with Gasteiger partial charge in [-0.25, -0.2) is 0 Å². The molecule has 0 aliphatic carbocycles. The SMILES string of the molecule is CCCCC(CC)C(Cl)c1ccc(C(C)C)cc1. The van der Waals surface area contributed by atoms with Crippen molar-refractivity contribution >= 4 is 11.6 Å². The Hall–Kier alpha value is -0.490. The Morgan fingerprint density at radius 3 is 2.00 bits per heavy atom. The van der Waals surface area contributed by atoms with Gasteiger partial charge in [-0.05, 0) is 29.4 Å². The van der Waals surface area contributed by atoms with Gasteiger partial charge in [-0.2, -0.15) is 0 Å². The summed E-state index contributed by atoms with van der Waals surface area (Å²) in [4.78, 5) is 0. The monoisotopic (exact) mass is 266 g/mol. The van der Waals surface area contributed by atoms with E-state index in [0.29, 0.717) is 11.8 Å². The molecule has 2 unspecified atom stereocenters. The average Bonchev–Trinajstić information content (AvgIpc) is 2.39. The molecular weight excluding hydrogens is 240 g/mol. The lowest BCUT2D eigenvalue weighted by atomic mass is 9.90. The predicted octanol–water partition coefficient (Wildman–Crippen LogP) is 6.31. The van der Waals surface area contributed by atoms with Crippen LogP contribution in [0.15, 0.2) is 24.3 Å². The van der Waals surface area contributed by atoms with Gasteiger partial charge in [-0.15, -0.1) is 11.6 Å². The zero-order valence-electron chi connectivity index (χ0n) is 12.2. The van der Waals surface area contributed by atoms with Gasteiger partial charge >= 0.3 is 0 Å². The first-order valence-electron chi connectivity index (χ1n) is 7.34. The second-order valence-corrected chi connectivity index (χ2v) is 6.00. The molecule has 0 amide bonds.